The van der Waals surface area contributed by atoms with Crippen LogP contribution in [0.4, 0.5) is 0 Å². The molecule has 11 aromatic rings. The van der Waals surface area contributed by atoms with E-state index in [1.165, 1.54) is 64.2 Å². The summed E-state index contributed by atoms with van der Waals surface area (Å²) in [5.41, 5.74) is 11.3. The van der Waals surface area contributed by atoms with E-state index in [1.54, 1.807) is 0 Å². The van der Waals surface area contributed by atoms with E-state index in [9.17, 15) is 0 Å². The molecule has 0 unspecified atom stereocenters. The highest BCUT2D eigenvalue weighted by Gasteiger charge is 2.18. The van der Waals surface area contributed by atoms with E-state index in [2.05, 4.69) is 138 Å². The molecular weight excluding hydrogens is 701 g/mol. The van der Waals surface area contributed by atoms with Crippen molar-refractivity contribution in [3.8, 4) is 62.1 Å². The number of para-hydroxylation sites is 2. The largest absolute Gasteiger partial charge is 0.309 e. The number of benzene rings is 8. The number of nitrogens with zero attached hydrogens (tertiary/aromatic N) is 4. The molecule has 3 aromatic heterocycles. The summed E-state index contributed by atoms with van der Waals surface area (Å²) >= 11 is 1.84. The predicted octanol–water partition coefficient (Wildman–Crippen LogP) is 13.7. The van der Waals surface area contributed by atoms with Gasteiger partial charge in [0.1, 0.15) is 0 Å². The van der Waals surface area contributed by atoms with Crippen LogP contribution in [0.3, 0.4) is 0 Å². The normalized spacial score (nSPS) is 11.6. The molecule has 56 heavy (non-hydrogen) atoms. The van der Waals surface area contributed by atoms with Gasteiger partial charge in [-0.2, -0.15) is 0 Å². The smallest absolute Gasteiger partial charge is 0.164 e. The first-order valence-corrected chi connectivity index (χ1v) is 19.6. The fourth-order valence-corrected chi connectivity index (χ4v) is 9.26. The summed E-state index contributed by atoms with van der Waals surface area (Å²) in [6.45, 7) is 0. The first kappa shape index (κ1) is 32.2. The molecule has 0 aliphatic heterocycles. The Hall–Kier alpha value is -7.21. The van der Waals surface area contributed by atoms with Gasteiger partial charge in [-0.15, -0.1) is 11.3 Å². The van der Waals surface area contributed by atoms with Gasteiger partial charge in [0.2, 0.25) is 0 Å². The number of fused-ring (bicyclic) bond motifs is 6. The van der Waals surface area contributed by atoms with E-state index in [4.69, 9.17) is 15.0 Å². The Balaban J connectivity index is 1.05. The van der Waals surface area contributed by atoms with Crippen molar-refractivity contribution >= 4 is 53.3 Å². The van der Waals surface area contributed by atoms with Gasteiger partial charge in [0.15, 0.2) is 17.5 Å². The van der Waals surface area contributed by atoms with Gasteiger partial charge in [-0.25, -0.2) is 15.0 Å². The Morgan fingerprint density at radius 1 is 0.339 bits per heavy atom. The molecule has 0 spiro atoms. The summed E-state index contributed by atoms with van der Waals surface area (Å²) in [6.07, 6.45) is 0. The highest BCUT2D eigenvalue weighted by atomic mass is 32.1. The molecule has 3 heterocycles. The quantitative estimate of drug-likeness (QED) is 0.171. The molecule has 0 aliphatic carbocycles. The van der Waals surface area contributed by atoms with E-state index in [0.717, 1.165) is 22.4 Å². The highest BCUT2D eigenvalue weighted by Crippen LogP contribution is 2.44. The molecular formula is C51H32N4S. The SMILES string of the molecule is c1ccc(-c2nc(-c3ccccc3)nc(-c3ccc4sc5c(-c6ccccc6-c6ccc7c(c6)c6ccccc6n7-c6ccccc6)cccc5c4c3)n2)cc1. The number of thiophene rings is 1. The summed E-state index contributed by atoms with van der Waals surface area (Å²) < 4.78 is 4.86. The van der Waals surface area contributed by atoms with E-state index in [-0.39, 0.29) is 0 Å². The van der Waals surface area contributed by atoms with Gasteiger partial charge in [0.05, 0.1) is 11.0 Å². The van der Waals surface area contributed by atoms with Crippen molar-refractivity contribution in [1.82, 2.24) is 19.5 Å². The molecule has 0 N–H and O–H groups in total. The van der Waals surface area contributed by atoms with Crippen LogP contribution in [0.5, 0.6) is 0 Å². The Morgan fingerprint density at radius 3 is 1.61 bits per heavy atom. The topological polar surface area (TPSA) is 43.6 Å². The van der Waals surface area contributed by atoms with Crippen LogP contribution in [0, 0.1) is 0 Å². The van der Waals surface area contributed by atoms with Gasteiger partial charge in [-0.3, -0.25) is 0 Å². The standard InChI is InChI=1S/C51H32N4S/c1-4-15-33(16-5-1)49-52-50(34-17-6-2-7-18-34)54-51(53-49)36-28-30-47-44(32-36)42-25-14-24-41(48(42)56-47)39-22-11-10-21-38(39)35-27-29-46-43(31-35)40-23-12-13-26-45(40)55(46)37-19-8-3-9-20-37/h1-32H. The lowest BCUT2D eigenvalue weighted by molar-refractivity contribution is 1.07. The Morgan fingerprint density at radius 2 is 0.875 bits per heavy atom. The summed E-state index contributed by atoms with van der Waals surface area (Å²) in [6, 6.07) is 68.7. The summed E-state index contributed by atoms with van der Waals surface area (Å²) in [7, 11) is 0. The lowest BCUT2D eigenvalue weighted by Crippen LogP contribution is -2.00. The monoisotopic (exact) mass is 732 g/mol. The van der Waals surface area contributed by atoms with Gasteiger partial charge >= 0.3 is 0 Å². The van der Waals surface area contributed by atoms with Crippen molar-refractivity contribution in [2.75, 3.05) is 0 Å². The third-order valence-electron chi connectivity index (χ3n) is 10.7. The molecule has 0 bridgehead atoms. The number of hydrogen-bond acceptors (Lipinski definition) is 4. The van der Waals surface area contributed by atoms with Crippen molar-refractivity contribution in [2.24, 2.45) is 0 Å². The van der Waals surface area contributed by atoms with Crippen LogP contribution in [0.15, 0.2) is 194 Å². The number of hydrogen-bond donors (Lipinski definition) is 0. The molecule has 5 heteroatoms. The van der Waals surface area contributed by atoms with E-state index < -0.39 is 0 Å². The Labute approximate surface area is 327 Å². The Kier molecular flexibility index (Phi) is 7.64. The van der Waals surface area contributed by atoms with Gasteiger partial charge in [-0.1, -0.05) is 146 Å². The zero-order chi connectivity index (χ0) is 37.0. The molecule has 0 fully saturated rings. The summed E-state index contributed by atoms with van der Waals surface area (Å²) in [4.78, 5) is 14.9. The fourth-order valence-electron chi connectivity index (χ4n) is 8.05. The molecule has 0 saturated heterocycles. The molecule has 0 saturated carbocycles. The van der Waals surface area contributed by atoms with Gasteiger partial charge in [0, 0.05) is 58.9 Å². The van der Waals surface area contributed by atoms with Crippen LogP contribution >= 0.6 is 11.3 Å². The first-order valence-electron chi connectivity index (χ1n) is 18.8. The minimum atomic E-state index is 0.657. The average Bonchev–Trinajstić information content (AvgIpc) is 3.82. The van der Waals surface area contributed by atoms with Crippen LogP contribution in [0.25, 0.3) is 104 Å². The van der Waals surface area contributed by atoms with Crippen LogP contribution in [-0.2, 0) is 0 Å². The van der Waals surface area contributed by atoms with Gasteiger partial charge in [0.25, 0.3) is 0 Å². The molecule has 8 aromatic carbocycles. The fraction of sp³-hybridized carbons (Fsp3) is 0. The van der Waals surface area contributed by atoms with E-state index >= 15 is 0 Å². The predicted molar refractivity (Wildman–Crippen MR) is 234 cm³/mol. The molecule has 0 amide bonds. The van der Waals surface area contributed by atoms with E-state index in [1.807, 2.05) is 72.0 Å². The van der Waals surface area contributed by atoms with Crippen molar-refractivity contribution in [2.45, 2.75) is 0 Å². The van der Waals surface area contributed by atoms with E-state index in [0.29, 0.717) is 17.5 Å². The number of rotatable bonds is 6. The summed E-state index contributed by atoms with van der Waals surface area (Å²) in [5.74, 6) is 1.97. The molecule has 262 valence electrons. The first-order chi connectivity index (χ1) is 27.8. The van der Waals surface area contributed by atoms with Crippen molar-refractivity contribution in [3.05, 3.63) is 194 Å². The lowest BCUT2D eigenvalue weighted by atomic mass is 9.93. The second kappa shape index (κ2) is 13.3. The zero-order valence-corrected chi connectivity index (χ0v) is 31.0. The summed E-state index contributed by atoms with van der Waals surface area (Å²) in [5, 5.41) is 4.91. The molecule has 0 aliphatic rings. The van der Waals surface area contributed by atoms with Gasteiger partial charge in [-0.05, 0) is 65.2 Å². The van der Waals surface area contributed by atoms with Gasteiger partial charge < -0.3 is 4.57 Å². The van der Waals surface area contributed by atoms with Crippen LogP contribution in [-0.4, -0.2) is 19.5 Å². The van der Waals surface area contributed by atoms with Crippen LogP contribution < -0.4 is 0 Å². The minimum Gasteiger partial charge on any atom is -0.309 e. The second-order valence-electron chi connectivity index (χ2n) is 14.0. The molecule has 0 atom stereocenters. The van der Waals surface area contributed by atoms with Crippen molar-refractivity contribution in [1.29, 1.82) is 0 Å². The Bertz CT molecular complexity index is 3180. The highest BCUT2D eigenvalue weighted by molar-refractivity contribution is 7.26. The van der Waals surface area contributed by atoms with Crippen molar-refractivity contribution < 1.29 is 0 Å². The third-order valence-corrected chi connectivity index (χ3v) is 11.9. The maximum Gasteiger partial charge on any atom is 0.164 e. The van der Waals surface area contributed by atoms with Crippen molar-refractivity contribution in [3.63, 3.8) is 0 Å². The van der Waals surface area contributed by atoms with Crippen LogP contribution in [0.2, 0.25) is 0 Å². The molecule has 4 nitrogen and oxygen atoms in total. The zero-order valence-electron chi connectivity index (χ0n) is 30.2. The minimum absolute atomic E-state index is 0.657. The number of aromatic nitrogens is 4. The maximum atomic E-state index is 5.02. The average molecular weight is 733 g/mol. The molecule has 11 rings (SSSR count). The lowest BCUT2D eigenvalue weighted by Gasteiger charge is -2.12. The maximum absolute atomic E-state index is 5.02. The molecule has 0 radical (unpaired) electrons. The second-order valence-corrected chi connectivity index (χ2v) is 15.1. The van der Waals surface area contributed by atoms with Crippen LogP contribution in [0.1, 0.15) is 0 Å². The third kappa shape index (κ3) is 5.40.